The molecule has 0 fully saturated rings. The molecule has 3 nitrogen and oxygen atoms in total. The number of rotatable bonds is 3. The minimum absolute atomic E-state index is 0.0219. The molecule has 27 heavy (non-hydrogen) atoms. The van der Waals surface area contributed by atoms with Gasteiger partial charge in [0.2, 0.25) is 0 Å². The van der Waals surface area contributed by atoms with Crippen LogP contribution in [0, 0.1) is 0 Å². The molecule has 0 radical (unpaired) electrons. The fraction of sp³-hybridized carbons (Fsp3) is 0.136. The van der Waals surface area contributed by atoms with Crippen molar-refractivity contribution >= 4 is 37.6 Å². The summed E-state index contributed by atoms with van der Waals surface area (Å²) in [4.78, 5) is 4.99. The lowest BCUT2D eigenvalue weighted by Gasteiger charge is -2.31. The molecule has 0 amide bonds. The number of phenolic OH excluding ortho intramolecular Hbond substituents is 1. The Bertz CT molecular complexity index is 986. The number of nitrogens with one attached hydrogen (secondary N) is 1. The first-order valence-electron chi connectivity index (χ1n) is 8.72. The predicted octanol–water partition coefficient (Wildman–Crippen LogP) is 6.14. The highest BCUT2D eigenvalue weighted by molar-refractivity contribution is 9.10. The quantitative estimate of drug-likeness (QED) is 0.468. The first-order chi connectivity index (χ1) is 13.1. The molecule has 0 bridgehead atoms. The Labute approximate surface area is 175 Å². The first-order valence-corrected chi connectivity index (χ1v) is 10.3. The minimum atomic E-state index is -0.176. The summed E-state index contributed by atoms with van der Waals surface area (Å²) in [6.45, 7) is 0. The summed E-state index contributed by atoms with van der Waals surface area (Å²) in [7, 11) is 0. The Morgan fingerprint density at radius 1 is 0.889 bits per heavy atom. The van der Waals surface area contributed by atoms with E-state index in [2.05, 4.69) is 61.4 Å². The lowest BCUT2D eigenvalue weighted by atomic mass is 9.93. The molecule has 0 aliphatic carbocycles. The van der Waals surface area contributed by atoms with E-state index in [4.69, 9.17) is 4.99 Å². The highest BCUT2D eigenvalue weighted by atomic mass is 79.9. The average Bonchev–Trinajstić information content (AvgIpc) is 2.68. The van der Waals surface area contributed by atoms with Gasteiger partial charge in [-0.25, -0.2) is 0 Å². The molecule has 1 aliphatic rings. The standard InChI is InChI=1S/C22H18Br2N2O/c23-16-10-8-14(9-11-16)22-25-19(15-4-3-5-17(24)12-15)13-20(26-22)18-6-1-2-7-21(18)27/h1-12,20,22,26-27H,13H2/t20-,22+/m1/s1. The number of benzene rings is 3. The van der Waals surface area contributed by atoms with Crippen LogP contribution in [0.1, 0.15) is 35.3 Å². The summed E-state index contributed by atoms with van der Waals surface area (Å²) < 4.78 is 2.07. The Morgan fingerprint density at radius 3 is 2.41 bits per heavy atom. The van der Waals surface area contributed by atoms with Gasteiger partial charge < -0.3 is 5.11 Å². The average molecular weight is 486 g/mol. The van der Waals surface area contributed by atoms with Gasteiger partial charge in [0, 0.05) is 32.7 Å². The van der Waals surface area contributed by atoms with Gasteiger partial charge in [-0.05, 0) is 41.5 Å². The largest absolute Gasteiger partial charge is 0.508 e. The van der Waals surface area contributed by atoms with Crippen molar-refractivity contribution < 1.29 is 5.11 Å². The maximum absolute atomic E-state index is 10.4. The van der Waals surface area contributed by atoms with Crippen molar-refractivity contribution in [1.29, 1.82) is 0 Å². The lowest BCUT2D eigenvalue weighted by Crippen LogP contribution is -2.33. The van der Waals surface area contributed by atoms with E-state index in [1.54, 1.807) is 6.07 Å². The highest BCUT2D eigenvalue weighted by Gasteiger charge is 2.27. The Morgan fingerprint density at radius 2 is 1.67 bits per heavy atom. The molecule has 0 saturated heterocycles. The van der Waals surface area contributed by atoms with E-state index in [0.717, 1.165) is 31.3 Å². The van der Waals surface area contributed by atoms with Crippen LogP contribution in [0.15, 0.2) is 86.7 Å². The van der Waals surface area contributed by atoms with E-state index in [-0.39, 0.29) is 12.2 Å². The summed E-state index contributed by atoms with van der Waals surface area (Å²) in [6, 6.07) is 23.9. The topological polar surface area (TPSA) is 44.6 Å². The summed E-state index contributed by atoms with van der Waals surface area (Å²) in [5.41, 5.74) is 4.09. The van der Waals surface area contributed by atoms with Crippen LogP contribution in [0.5, 0.6) is 5.75 Å². The second-order valence-electron chi connectivity index (χ2n) is 6.52. The van der Waals surface area contributed by atoms with Gasteiger partial charge in [0.05, 0.1) is 0 Å². The normalized spacial score (nSPS) is 19.6. The molecule has 0 aromatic heterocycles. The molecule has 4 rings (SSSR count). The molecule has 2 N–H and O–H groups in total. The Kier molecular flexibility index (Phi) is 5.43. The van der Waals surface area contributed by atoms with Crippen LogP contribution in [0.4, 0.5) is 0 Å². The van der Waals surface area contributed by atoms with E-state index in [1.807, 2.05) is 42.5 Å². The van der Waals surface area contributed by atoms with Gasteiger partial charge in [0.15, 0.2) is 0 Å². The smallest absolute Gasteiger partial charge is 0.126 e. The number of hydrogen-bond donors (Lipinski definition) is 2. The van der Waals surface area contributed by atoms with Crippen LogP contribution in [0.25, 0.3) is 0 Å². The molecule has 3 aromatic carbocycles. The first kappa shape index (κ1) is 18.4. The number of aromatic hydroxyl groups is 1. The molecule has 5 heteroatoms. The summed E-state index contributed by atoms with van der Waals surface area (Å²) >= 11 is 7.04. The van der Waals surface area contributed by atoms with Crippen LogP contribution < -0.4 is 5.32 Å². The fourth-order valence-corrected chi connectivity index (χ4v) is 4.01. The van der Waals surface area contributed by atoms with E-state index in [1.165, 1.54) is 0 Å². The van der Waals surface area contributed by atoms with Crippen LogP contribution in [0.3, 0.4) is 0 Å². The molecule has 3 aromatic rings. The molecule has 1 heterocycles. The fourth-order valence-electron chi connectivity index (χ4n) is 3.35. The Balaban J connectivity index is 1.76. The number of nitrogens with zero attached hydrogens (tertiary/aromatic N) is 1. The van der Waals surface area contributed by atoms with Gasteiger partial charge >= 0.3 is 0 Å². The summed E-state index contributed by atoms with van der Waals surface area (Å²) in [5.74, 6) is 0.306. The van der Waals surface area contributed by atoms with Gasteiger partial charge in [-0.1, -0.05) is 74.3 Å². The van der Waals surface area contributed by atoms with Crippen LogP contribution in [-0.4, -0.2) is 10.8 Å². The predicted molar refractivity (Wildman–Crippen MR) is 116 cm³/mol. The maximum Gasteiger partial charge on any atom is 0.126 e. The van der Waals surface area contributed by atoms with Crippen molar-refractivity contribution in [3.8, 4) is 5.75 Å². The van der Waals surface area contributed by atoms with Crippen molar-refractivity contribution in [3.63, 3.8) is 0 Å². The lowest BCUT2D eigenvalue weighted by molar-refractivity contribution is 0.412. The van der Waals surface area contributed by atoms with Crippen LogP contribution in [0.2, 0.25) is 0 Å². The van der Waals surface area contributed by atoms with Crippen molar-refractivity contribution in [2.75, 3.05) is 0 Å². The van der Waals surface area contributed by atoms with Gasteiger partial charge in [-0.2, -0.15) is 0 Å². The van der Waals surface area contributed by atoms with Crippen LogP contribution in [-0.2, 0) is 0 Å². The number of halogens is 2. The zero-order valence-electron chi connectivity index (χ0n) is 14.4. The van der Waals surface area contributed by atoms with Gasteiger partial charge in [0.25, 0.3) is 0 Å². The van der Waals surface area contributed by atoms with Crippen molar-refractivity contribution in [3.05, 3.63) is 98.4 Å². The monoisotopic (exact) mass is 484 g/mol. The van der Waals surface area contributed by atoms with Gasteiger partial charge in [-0.15, -0.1) is 0 Å². The molecular formula is C22H18Br2N2O. The zero-order valence-corrected chi connectivity index (χ0v) is 17.6. The third-order valence-electron chi connectivity index (χ3n) is 4.70. The Hall–Kier alpha value is -1.95. The van der Waals surface area contributed by atoms with Gasteiger partial charge in [0.1, 0.15) is 11.9 Å². The molecular weight excluding hydrogens is 468 g/mol. The number of aliphatic imine (C=N–C) groups is 1. The summed E-state index contributed by atoms with van der Waals surface area (Å²) in [6.07, 6.45) is 0.534. The third-order valence-corrected chi connectivity index (χ3v) is 5.72. The van der Waals surface area contributed by atoms with Crippen LogP contribution >= 0.6 is 31.9 Å². The SMILES string of the molecule is Oc1ccccc1[C@H]1CC(c2cccc(Br)c2)=N[C@H](c2ccc(Br)cc2)N1. The second kappa shape index (κ2) is 7.97. The van der Waals surface area contributed by atoms with E-state index < -0.39 is 0 Å². The minimum Gasteiger partial charge on any atom is -0.508 e. The molecule has 0 spiro atoms. The number of hydrogen-bond acceptors (Lipinski definition) is 3. The zero-order chi connectivity index (χ0) is 18.8. The van der Waals surface area contributed by atoms with Crippen molar-refractivity contribution in [2.24, 2.45) is 4.99 Å². The molecule has 0 unspecified atom stereocenters. The molecule has 2 atom stereocenters. The van der Waals surface area contributed by atoms with E-state index in [9.17, 15) is 5.11 Å². The van der Waals surface area contributed by atoms with Gasteiger partial charge in [-0.3, -0.25) is 10.3 Å². The second-order valence-corrected chi connectivity index (χ2v) is 8.35. The summed E-state index contributed by atoms with van der Waals surface area (Å²) in [5, 5.41) is 13.9. The molecule has 136 valence electrons. The number of para-hydroxylation sites is 1. The van der Waals surface area contributed by atoms with Crippen molar-refractivity contribution in [2.45, 2.75) is 18.6 Å². The van der Waals surface area contributed by atoms with Crippen molar-refractivity contribution in [1.82, 2.24) is 5.32 Å². The maximum atomic E-state index is 10.4. The number of phenols is 1. The molecule has 1 aliphatic heterocycles. The van der Waals surface area contributed by atoms with E-state index >= 15 is 0 Å². The third kappa shape index (κ3) is 4.15. The molecule has 0 saturated carbocycles. The van der Waals surface area contributed by atoms with E-state index in [0.29, 0.717) is 12.2 Å². The highest BCUT2D eigenvalue weighted by Crippen LogP contribution is 2.34.